The van der Waals surface area contributed by atoms with Crippen LogP contribution in [0.5, 0.6) is 0 Å². The number of nitrogen functional groups attached to an aromatic ring is 1. The number of hydrogen-bond acceptors (Lipinski definition) is 3. The van der Waals surface area contributed by atoms with Crippen LogP contribution in [0, 0.1) is 11.3 Å². The Morgan fingerprint density at radius 3 is 3.00 bits per heavy atom. The predicted molar refractivity (Wildman–Crippen MR) is 41.9 cm³/mol. The molecule has 0 amide bonds. The molecule has 2 N–H and O–H groups in total. The van der Waals surface area contributed by atoms with Crippen LogP contribution in [0.2, 0.25) is 5.02 Å². The summed E-state index contributed by atoms with van der Waals surface area (Å²) in [5.74, 6) is 0.418. The van der Waals surface area contributed by atoms with Crippen molar-refractivity contribution in [2.24, 2.45) is 0 Å². The van der Waals surface area contributed by atoms with E-state index in [-0.39, 0.29) is 0 Å². The normalized spacial score (nSPS) is 9.45. The van der Waals surface area contributed by atoms with Crippen molar-refractivity contribution in [2.45, 2.75) is 13.0 Å². The highest BCUT2D eigenvalue weighted by molar-refractivity contribution is 6.32. The Morgan fingerprint density at radius 2 is 2.55 bits per heavy atom. The van der Waals surface area contributed by atoms with Crippen LogP contribution in [0.3, 0.4) is 0 Å². The Bertz CT molecular complexity index is 285. The molecule has 0 spiro atoms. The molecule has 0 saturated carbocycles. The molecule has 0 fully saturated rings. The van der Waals surface area contributed by atoms with E-state index in [9.17, 15) is 0 Å². The summed E-state index contributed by atoms with van der Waals surface area (Å²) < 4.78 is 1.51. The van der Waals surface area contributed by atoms with Crippen molar-refractivity contribution in [1.29, 1.82) is 5.26 Å². The first-order chi connectivity index (χ1) is 5.25. The fraction of sp³-hybridized carbons (Fsp3) is 0.333. The lowest BCUT2D eigenvalue weighted by molar-refractivity contribution is 0.637. The van der Waals surface area contributed by atoms with Gasteiger partial charge in [0.1, 0.15) is 10.8 Å². The van der Waals surface area contributed by atoms with Gasteiger partial charge in [-0.05, 0) is 0 Å². The van der Waals surface area contributed by atoms with E-state index in [0.29, 0.717) is 23.8 Å². The third kappa shape index (κ3) is 1.63. The zero-order valence-corrected chi connectivity index (χ0v) is 6.54. The number of anilines is 1. The third-order valence-electron chi connectivity index (χ3n) is 1.27. The smallest absolute Gasteiger partial charge is 0.140 e. The minimum absolute atomic E-state index is 0.391. The minimum Gasteiger partial charge on any atom is -0.383 e. The van der Waals surface area contributed by atoms with Crippen molar-refractivity contribution < 1.29 is 0 Å². The monoisotopic (exact) mass is 170 g/mol. The van der Waals surface area contributed by atoms with Gasteiger partial charge >= 0.3 is 0 Å². The lowest BCUT2D eigenvalue weighted by Crippen LogP contribution is -2.03. The topological polar surface area (TPSA) is 67.6 Å². The van der Waals surface area contributed by atoms with Crippen LogP contribution in [0.25, 0.3) is 0 Å². The molecule has 0 atom stereocenters. The van der Waals surface area contributed by atoms with Gasteiger partial charge in [-0.25, -0.2) is 4.68 Å². The quantitative estimate of drug-likeness (QED) is 0.721. The summed E-state index contributed by atoms with van der Waals surface area (Å²) in [4.78, 5) is 0. The molecular formula is C6H7ClN4. The van der Waals surface area contributed by atoms with E-state index in [1.54, 1.807) is 0 Å². The van der Waals surface area contributed by atoms with Crippen LogP contribution in [-0.2, 0) is 6.54 Å². The van der Waals surface area contributed by atoms with Gasteiger partial charge in [-0.2, -0.15) is 10.4 Å². The highest BCUT2D eigenvalue weighted by Gasteiger charge is 2.02. The summed E-state index contributed by atoms with van der Waals surface area (Å²) in [6.45, 7) is 0.495. The zero-order valence-electron chi connectivity index (χ0n) is 5.79. The number of rotatable bonds is 2. The molecule has 0 unspecified atom stereocenters. The van der Waals surface area contributed by atoms with E-state index in [4.69, 9.17) is 22.6 Å². The zero-order chi connectivity index (χ0) is 8.27. The molecule has 0 bridgehead atoms. The van der Waals surface area contributed by atoms with E-state index in [1.165, 1.54) is 10.9 Å². The summed E-state index contributed by atoms with van der Waals surface area (Å²) in [6, 6.07) is 1.99. The lowest BCUT2D eigenvalue weighted by atomic mass is 10.5. The summed E-state index contributed by atoms with van der Waals surface area (Å²) >= 11 is 5.62. The van der Waals surface area contributed by atoms with Gasteiger partial charge in [-0.15, -0.1) is 0 Å². The van der Waals surface area contributed by atoms with Gasteiger partial charge < -0.3 is 5.73 Å². The first-order valence-corrected chi connectivity index (χ1v) is 3.47. The SMILES string of the molecule is N#CCCn1ncc(Cl)c1N. The second-order valence-electron chi connectivity index (χ2n) is 2.01. The van der Waals surface area contributed by atoms with Crippen LogP contribution in [0.4, 0.5) is 5.82 Å². The number of nitrogens with two attached hydrogens (primary N) is 1. The molecule has 1 heterocycles. The van der Waals surface area contributed by atoms with E-state index >= 15 is 0 Å². The molecule has 0 aliphatic rings. The Labute approximate surface area is 69.2 Å². The molecule has 0 radical (unpaired) electrons. The van der Waals surface area contributed by atoms with Crippen LogP contribution in [0.15, 0.2) is 6.20 Å². The number of aryl methyl sites for hydroxylation is 1. The molecule has 1 aromatic heterocycles. The fourth-order valence-corrected chi connectivity index (χ4v) is 0.847. The molecule has 0 aliphatic heterocycles. The third-order valence-corrected chi connectivity index (χ3v) is 1.56. The second kappa shape index (κ2) is 3.26. The van der Waals surface area contributed by atoms with Crippen molar-refractivity contribution in [3.8, 4) is 6.07 Å². The Hall–Kier alpha value is -1.21. The molecule has 4 nitrogen and oxygen atoms in total. The first kappa shape index (κ1) is 7.89. The molecule has 5 heteroatoms. The van der Waals surface area contributed by atoms with E-state index in [2.05, 4.69) is 5.10 Å². The van der Waals surface area contributed by atoms with Gasteiger partial charge in [0.25, 0.3) is 0 Å². The van der Waals surface area contributed by atoms with E-state index in [1.807, 2.05) is 6.07 Å². The van der Waals surface area contributed by atoms with Crippen molar-refractivity contribution in [2.75, 3.05) is 5.73 Å². The van der Waals surface area contributed by atoms with Gasteiger partial charge in [0.05, 0.1) is 25.2 Å². The average molecular weight is 171 g/mol. The highest BCUT2D eigenvalue weighted by Crippen LogP contribution is 2.16. The molecule has 0 aromatic carbocycles. The number of nitrogens with zero attached hydrogens (tertiary/aromatic N) is 3. The standard InChI is InChI=1S/C6H7ClN4/c7-5-4-10-11(6(5)9)3-1-2-8/h4H,1,3,9H2. The van der Waals surface area contributed by atoms with E-state index < -0.39 is 0 Å². The number of halogens is 1. The van der Waals surface area contributed by atoms with Gasteiger partial charge in [-0.1, -0.05) is 11.6 Å². The van der Waals surface area contributed by atoms with Gasteiger partial charge in [0.15, 0.2) is 0 Å². The van der Waals surface area contributed by atoms with Crippen molar-refractivity contribution in [3.05, 3.63) is 11.2 Å². The molecule has 0 aliphatic carbocycles. The Balaban J connectivity index is 2.72. The maximum atomic E-state index is 8.26. The van der Waals surface area contributed by atoms with Gasteiger partial charge in [0, 0.05) is 0 Å². The summed E-state index contributed by atoms with van der Waals surface area (Å²) in [5, 5.41) is 12.6. The molecule has 0 saturated heterocycles. The summed E-state index contributed by atoms with van der Waals surface area (Å²) in [5.41, 5.74) is 5.50. The second-order valence-corrected chi connectivity index (χ2v) is 2.42. The Kier molecular flexibility index (Phi) is 2.34. The highest BCUT2D eigenvalue weighted by atomic mass is 35.5. The fourth-order valence-electron chi connectivity index (χ4n) is 0.706. The maximum absolute atomic E-state index is 8.26. The Morgan fingerprint density at radius 1 is 1.82 bits per heavy atom. The van der Waals surface area contributed by atoms with Crippen molar-refractivity contribution >= 4 is 17.4 Å². The molecule has 11 heavy (non-hydrogen) atoms. The summed E-state index contributed by atoms with van der Waals surface area (Å²) in [6.07, 6.45) is 1.86. The largest absolute Gasteiger partial charge is 0.383 e. The minimum atomic E-state index is 0.391. The average Bonchev–Trinajstić information content (AvgIpc) is 2.31. The number of hydrogen-bond donors (Lipinski definition) is 1. The van der Waals surface area contributed by atoms with Gasteiger partial charge in [-0.3, -0.25) is 0 Å². The molecular weight excluding hydrogens is 164 g/mol. The van der Waals surface area contributed by atoms with Crippen LogP contribution in [0.1, 0.15) is 6.42 Å². The summed E-state index contributed by atoms with van der Waals surface area (Å²) in [7, 11) is 0. The maximum Gasteiger partial charge on any atom is 0.140 e. The lowest BCUT2D eigenvalue weighted by Gasteiger charge is -1.98. The van der Waals surface area contributed by atoms with Crippen molar-refractivity contribution in [1.82, 2.24) is 9.78 Å². The van der Waals surface area contributed by atoms with E-state index in [0.717, 1.165) is 0 Å². The van der Waals surface area contributed by atoms with Crippen molar-refractivity contribution in [3.63, 3.8) is 0 Å². The number of nitriles is 1. The van der Waals surface area contributed by atoms with Gasteiger partial charge in [0.2, 0.25) is 0 Å². The first-order valence-electron chi connectivity index (χ1n) is 3.09. The molecule has 1 rings (SSSR count). The van der Waals surface area contributed by atoms with Crippen LogP contribution >= 0.6 is 11.6 Å². The predicted octanol–water partition coefficient (Wildman–Crippen LogP) is 1.03. The van der Waals surface area contributed by atoms with Crippen LogP contribution in [-0.4, -0.2) is 9.78 Å². The van der Waals surface area contributed by atoms with Crippen LogP contribution < -0.4 is 5.73 Å². The molecule has 58 valence electrons. The number of aromatic nitrogens is 2. The molecule has 1 aromatic rings.